The largest absolute Gasteiger partial charge is 0.496 e. The van der Waals surface area contributed by atoms with Crippen LogP contribution >= 0.6 is 0 Å². The van der Waals surface area contributed by atoms with Crippen molar-refractivity contribution in [1.82, 2.24) is 15.0 Å². The van der Waals surface area contributed by atoms with E-state index in [-0.39, 0.29) is 11.9 Å². The van der Waals surface area contributed by atoms with E-state index in [2.05, 4.69) is 25.6 Å². The van der Waals surface area contributed by atoms with Crippen molar-refractivity contribution in [3.8, 4) is 5.75 Å². The molecule has 1 unspecified atom stereocenters. The van der Waals surface area contributed by atoms with Gasteiger partial charge in [-0.1, -0.05) is 12.1 Å². The van der Waals surface area contributed by atoms with Gasteiger partial charge in [0.15, 0.2) is 0 Å². The number of nitrogens with one attached hydrogen (secondary N) is 2. The summed E-state index contributed by atoms with van der Waals surface area (Å²) in [5, 5.41) is 6.37. The molecule has 0 fully saturated rings. The third-order valence-corrected chi connectivity index (χ3v) is 3.59. The Morgan fingerprint density at radius 2 is 1.80 bits per heavy atom. The molecule has 128 valence electrons. The summed E-state index contributed by atoms with van der Waals surface area (Å²) in [6, 6.07) is 9.87. The minimum atomic E-state index is -0.258. The molecule has 6 nitrogen and oxygen atoms in total. The molecule has 1 atom stereocenters. The van der Waals surface area contributed by atoms with Gasteiger partial charge < -0.3 is 15.4 Å². The van der Waals surface area contributed by atoms with Gasteiger partial charge in [-0.2, -0.15) is 0 Å². The number of methoxy groups -OCH3 is 1. The molecule has 0 aliphatic heterocycles. The van der Waals surface area contributed by atoms with Crippen LogP contribution in [0.4, 0.5) is 21.8 Å². The maximum absolute atomic E-state index is 13.1. The zero-order valence-electron chi connectivity index (χ0n) is 13.9. The van der Waals surface area contributed by atoms with Gasteiger partial charge in [0, 0.05) is 30.6 Å². The fourth-order valence-corrected chi connectivity index (χ4v) is 2.31. The Balaban J connectivity index is 1.80. The van der Waals surface area contributed by atoms with Crippen LogP contribution in [0.1, 0.15) is 18.5 Å². The Morgan fingerprint density at radius 3 is 2.48 bits per heavy atom. The quantitative estimate of drug-likeness (QED) is 0.709. The highest BCUT2D eigenvalue weighted by atomic mass is 19.1. The molecule has 3 rings (SSSR count). The number of rotatable bonds is 6. The molecule has 0 bridgehead atoms. The zero-order valence-corrected chi connectivity index (χ0v) is 13.9. The second-order valence-electron chi connectivity index (χ2n) is 5.41. The summed E-state index contributed by atoms with van der Waals surface area (Å²) in [6.45, 7) is 1.98. The van der Waals surface area contributed by atoms with Crippen molar-refractivity contribution < 1.29 is 9.13 Å². The molecule has 25 heavy (non-hydrogen) atoms. The molecule has 1 aromatic carbocycles. The smallest absolute Gasteiger partial charge is 0.150 e. The van der Waals surface area contributed by atoms with Gasteiger partial charge in [0.1, 0.15) is 29.0 Å². The molecular weight excluding hydrogens is 321 g/mol. The lowest BCUT2D eigenvalue weighted by Gasteiger charge is -2.17. The average Bonchev–Trinajstić information content (AvgIpc) is 2.63. The molecule has 0 saturated carbocycles. The number of benzene rings is 1. The zero-order chi connectivity index (χ0) is 17.6. The van der Waals surface area contributed by atoms with Crippen molar-refractivity contribution in [3.63, 3.8) is 0 Å². The highest BCUT2D eigenvalue weighted by Crippen LogP contribution is 2.25. The number of nitrogens with zero attached hydrogens (tertiary/aromatic N) is 3. The van der Waals surface area contributed by atoms with Crippen LogP contribution in [0.3, 0.4) is 0 Å². The Kier molecular flexibility index (Phi) is 5.03. The molecule has 2 aromatic heterocycles. The monoisotopic (exact) mass is 339 g/mol. The third kappa shape index (κ3) is 4.41. The van der Waals surface area contributed by atoms with Gasteiger partial charge in [0.05, 0.1) is 13.3 Å². The van der Waals surface area contributed by atoms with Crippen molar-refractivity contribution in [3.05, 3.63) is 66.4 Å². The van der Waals surface area contributed by atoms with E-state index in [1.54, 1.807) is 50.0 Å². The summed E-state index contributed by atoms with van der Waals surface area (Å²) >= 11 is 0. The van der Waals surface area contributed by atoms with Gasteiger partial charge in [-0.05, 0) is 24.6 Å². The van der Waals surface area contributed by atoms with E-state index < -0.39 is 0 Å². The fraction of sp³-hybridized carbons (Fsp3) is 0.167. The minimum absolute atomic E-state index is 0.0513. The van der Waals surface area contributed by atoms with E-state index in [4.69, 9.17) is 4.74 Å². The van der Waals surface area contributed by atoms with Crippen LogP contribution in [0.2, 0.25) is 0 Å². The minimum Gasteiger partial charge on any atom is -0.496 e. The second kappa shape index (κ2) is 7.57. The van der Waals surface area contributed by atoms with Crippen LogP contribution in [0, 0.1) is 5.82 Å². The highest BCUT2D eigenvalue weighted by Gasteiger charge is 2.09. The van der Waals surface area contributed by atoms with Gasteiger partial charge in [-0.25, -0.2) is 14.4 Å². The lowest BCUT2D eigenvalue weighted by molar-refractivity contribution is 0.414. The molecule has 2 heterocycles. The van der Waals surface area contributed by atoms with Gasteiger partial charge in [-0.15, -0.1) is 0 Å². The normalized spacial score (nSPS) is 11.6. The van der Waals surface area contributed by atoms with Crippen LogP contribution in [-0.4, -0.2) is 22.1 Å². The number of hydrogen-bond acceptors (Lipinski definition) is 6. The summed E-state index contributed by atoms with van der Waals surface area (Å²) < 4.78 is 18.4. The first-order valence-corrected chi connectivity index (χ1v) is 7.75. The van der Waals surface area contributed by atoms with Gasteiger partial charge in [0.25, 0.3) is 0 Å². The number of anilines is 3. The molecule has 0 amide bonds. The molecule has 2 N–H and O–H groups in total. The topological polar surface area (TPSA) is 72.0 Å². The third-order valence-electron chi connectivity index (χ3n) is 3.59. The van der Waals surface area contributed by atoms with E-state index in [9.17, 15) is 4.39 Å². The summed E-state index contributed by atoms with van der Waals surface area (Å²) in [4.78, 5) is 12.7. The average molecular weight is 339 g/mol. The fourth-order valence-electron chi connectivity index (χ4n) is 2.31. The van der Waals surface area contributed by atoms with Gasteiger partial charge in [0.2, 0.25) is 0 Å². The Morgan fingerprint density at radius 1 is 1.04 bits per heavy atom. The lowest BCUT2D eigenvalue weighted by atomic mass is 10.1. The maximum atomic E-state index is 13.1. The summed E-state index contributed by atoms with van der Waals surface area (Å²) in [5.41, 5.74) is 0.953. The predicted molar refractivity (Wildman–Crippen MR) is 94.5 cm³/mol. The molecule has 0 aliphatic rings. The van der Waals surface area contributed by atoms with Crippen LogP contribution in [-0.2, 0) is 0 Å². The van der Waals surface area contributed by atoms with Crippen LogP contribution in [0.5, 0.6) is 5.75 Å². The molecule has 0 aliphatic carbocycles. The van der Waals surface area contributed by atoms with Crippen molar-refractivity contribution in [1.29, 1.82) is 0 Å². The lowest BCUT2D eigenvalue weighted by Crippen LogP contribution is -2.09. The number of hydrogen-bond donors (Lipinski definition) is 2. The molecule has 3 aromatic rings. The molecule has 7 heteroatoms. The highest BCUT2D eigenvalue weighted by molar-refractivity contribution is 5.58. The predicted octanol–water partition coefficient (Wildman–Crippen LogP) is 3.94. The van der Waals surface area contributed by atoms with E-state index in [1.807, 2.05) is 6.92 Å². The van der Waals surface area contributed by atoms with Crippen LogP contribution < -0.4 is 15.4 Å². The Labute approximate surface area is 145 Å². The van der Waals surface area contributed by atoms with E-state index >= 15 is 0 Å². The first-order valence-electron chi connectivity index (χ1n) is 7.75. The SMILES string of the molecule is COc1cc(Nc2cnccn2)nc(NC(C)c2ccc(F)cc2)c1. The standard InChI is InChI=1S/C18H18FN5O/c1-12(13-3-5-14(19)6-4-13)22-16-9-15(25-2)10-17(23-16)24-18-11-20-7-8-21-18/h3-12H,1-2H3,(H2,21,22,23,24). The first kappa shape index (κ1) is 16.6. The van der Waals surface area contributed by atoms with Crippen molar-refractivity contribution >= 4 is 17.5 Å². The Bertz CT molecular complexity index is 827. The number of aromatic nitrogens is 3. The van der Waals surface area contributed by atoms with Crippen molar-refractivity contribution in [2.45, 2.75) is 13.0 Å². The number of pyridine rings is 1. The van der Waals surface area contributed by atoms with Crippen LogP contribution in [0.25, 0.3) is 0 Å². The second-order valence-corrected chi connectivity index (χ2v) is 5.41. The maximum Gasteiger partial charge on any atom is 0.150 e. The molecule has 0 saturated heterocycles. The molecule has 0 spiro atoms. The van der Waals surface area contributed by atoms with E-state index in [0.29, 0.717) is 23.2 Å². The van der Waals surface area contributed by atoms with E-state index in [1.165, 1.54) is 12.1 Å². The van der Waals surface area contributed by atoms with Gasteiger partial charge >= 0.3 is 0 Å². The number of halogens is 1. The summed E-state index contributed by atoms with van der Waals surface area (Å²) in [5.74, 6) is 2.18. The van der Waals surface area contributed by atoms with Gasteiger partial charge in [-0.3, -0.25) is 4.98 Å². The van der Waals surface area contributed by atoms with Crippen molar-refractivity contribution in [2.24, 2.45) is 0 Å². The van der Waals surface area contributed by atoms with Crippen molar-refractivity contribution in [2.75, 3.05) is 17.7 Å². The molecular formula is C18H18FN5O. The Hall–Kier alpha value is -3.22. The van der Waals surface area contributed by atoms with Crippen LogP contribution in [0.15, 0.2) is 55.0 Å². The first-order chi connectivity index (χ1) is 12.1. The molecule has 0 radical (unpaired) electrons. The summed E-state index contributed by atoms with van der Waals surface area (Å²) in [6.07, 6.45) is 4.80. The summed E-state index contributed by atoms with van der Waals surface area (Å²) in [7, 11) is 1.59. The number of ether oxygens (including phenoxy) is 1. The van der Waals surface area contributed by atoms with E-state index in [0.717, 1.165) is 5.56 Å².